The summed E-state index contributed by atoms with van der Waals surface area (Å²) in [4.78, 5) is 9.00. The maximum atomic E-state index is 9.25. The topological polar surface area (TPSA) is 54.5 Å². The largest absolute Gasteiger partial charge is 0.317 e. The van der Waals surface area contributed by atoms with Gasteiger partial charge in [0.15, 0.2) is 0 Å². The predicted octanol–water partition coefficient (Wildman–Crippen LogP) is 4.10. The third-order valence-corrected chi connectivity index (χ3v) is 4.58. The van der Waals surface area contributed by atoms with E-state index in [0.29, 0.717) is 17.0 Å². The average Bonchev–Trinajstić information content (AvgIpc) is 3.16. The molecule has 1 unspecified atom stereocenters. The number of aromatic nitrogens is 3. The van der Waals surface area contributed by atoms with Gasteiger partial charge in [-0.1, -0.05) is 13.0 Å². The number of imidazole rings is 1. The Hall–Kier alpha value is -1.90. The second-order valence-electron chi connectivity index (χ2n) is 4.61. The van der Waals surface area contributed by atoms with Crippen LogP contribution in [0.4, 0.5) is 0 Å². The van der Waals surface area contributed by atoms with Crippen molar-refractivity contribution in [1.82, 2.24) is 14.5 Å². The van der Waals surface area contributed by atoms with Gasteiger partial charge in [-0.25, -0.2) is 9.97 Å². The van der Waals surface area contributed by atoms with Gasteiger partial charge in [0.2, 0.25) is 0 Å². The minimum absolute atomic E-state index is 0.0951. The molecule has 0 saturated carbocycles. The molecule has 2 heterocycles. The standard InChI is InChI=1S/C15H13ClN4S/c1-2-11(15-18-6-7-21-15)20-12-5-3-4-10(9-17)14(12)19-13(20)8-16/h3-7,11H,2,8H2,1H3. The van der Waals surface area contributed by atoms with Gasteiger partial charge in [0.1, 0.15) is 22.4 Å². The molecule has 4 nitrogen and oxygen atoms in total. The summed E-state index contributed by atoms with van der Waals surface area (Å²) >= 11 is 7.70. The Balaban J connectivity index is 2.28. The molecule has 2 aromatic heterocycles. The van der Waals surface area contributed by atoms with Crippen molar-refractivity contribution in [2.45, 2.75) is 25.3 Å². The fourth-order valence-corrected chi connectivity index (χ4v) is 3.56. The van der Waals surface area contributed by atoms with Crippen molar-refractivity contribution in [3.05, 3.63) is 46.2 Å². The van der Waals surface area contributed by atoms with Crippen LogP contribution in [0, 0.1) is 11.3 Å². The van der Waals surface area contributed by atoms with E-state index < -0.39 is 0 Å². The Morgan fingerprint density at radius 2 is 2.33 bits per heavy atom. The zero-order chi connectivity index (χ0) is 14.8. The molecule has 0 amide bonds. The van der Waals surface area contributed by atoms with Gasteiger partial charge in [-0.2, -0.15) is 5.26 Å². The van der Waals surface area contributed by atoms with Crippen molar-refractivity contribution in [3.63, 3.8) is 0 Å². The zero-order valence-electron chi connectivity index (χ0n) is 11.5. The summed E-state index contributed by atoms with van der Waals surface area (Å²) in [6.45, 7) is 2.12. The molecule has 1 atom stereocenters. The van der Waals surface area contributed by atoms with E-state index in [-0.39, 0.29) is 6.04 Å². The van der Waals surface area contributed by atoms with Crippen molar-refractivity contribution in [2.75, 3.05) is 0 Å². The molecule has 0 fully saturated rings. The van der Waals surface area contributed by atoms with Crippen LogP contribution in [0.15, 0.2) is 29.8 Å². The van der Waals surface area contributed by atoms with Crippen molar-refractivity contribution in [1.29, 1.82) is 5.26 Å². The highest BCUT2D eigenvalue weighted by Gasteiger charge is 2.22. The number of halogens is 1. The number of hydrogen-bond donors (Lipinski definition) is 0. The number of thiazole rings is 1. The van der Waals surface area contributed by atoms with Crippen molar-refractivity contribution in [2.24, 2.45) is 0 Å². The number of nitrogens with zero attached hydrogens (tertiary/aromatic N) is 4. The van der Waals surface area contributed by atoms with Gasteiger partial charge in [0, 0.05) is 11.6 Å². The molecule has 21 heavy (non-hydrogen) atoms. The zero-order valence-corrected chi connectivity index (χ0v) is 13.0. The summed E-state index contributed by atoms with van der Waals surface area (Å²) in [7, 11) is 0. The minimum atomic E-state index is 0.0951. The monoisotopic (exact) mass is 316 g/mol. The van der Waals surface area contributed by atoms with Gasteiger partial charge in [0.05, 0.1) is 23.0 Å². The molecular weight excluding hydrogens is 304 g/mol. The van der Waals surface area contributed by atoms with E-state index in [9.17, 15) is 5.26 Å². The highest BCUT2D eigenvalue weighted by molar-refractivity contribution is 7.09. The lowest BCUT2D eigenvalue weighted by molar-refractivity contribution is 0.562. The van der Waals surface area contributed by atoms with E-state index >= 15 is 0 Å². The highest BCUT2D eigenvalue weighted by Crippen LogP contribution is 2.31. The second-order valence-corrected chi connectivity index (χ2v) is 5.80. The molecule has 0 aliphatic rings. The molecule has 0 aliphatic carbocycles. The predicted molar refractivity (Wildman–Crippen MR) is 84.5 cm³/mol. The van der Waals surface area contributed by atoms with Crippen LogP contribution in [-0.2, 0) is 5.88 Å². The van der Waals surface area contributed by atoms with Crippen LogP contribution in [0.2, 0.25) is 0 Å². The van der Waals surface area contributed by atoms with Crippen LogP contribution in [0.1, 0.15) is 35.8 Å². The van der Waals surface area contributed by atoms with Gasteiger partial charge in [-0.15, -0.1) is 22.9 Å². The number of fused-ring (bicyclic) bond motifs is 1. The van der Waals surface area contributed by atoms with E-state index in [2.05, 4.69) is 27.5 Å². The maximum absolute atomic E-state index is 9.25. The molecule has 0 aliphatic heterocycles. The molecule has 6 heteroatoms. The SMILES string of the molecule is CCC(c1nccs1)n1c(CCl)nc2c(C#N)cccc21. The number of alkyl halides is 1. The molecule has 0 spiro atoms. The molecule has 106 valence electrons. The van der Waals surface area contributed by atoms with Crippen LogP contribution in [0.3, 0.4) is 0 Å². The van der Waals surface area contributed by atoms with E-state index in [1.807, 2.05) is 23.7 Å². The minimum Gasteiger partial charge on any atom is -0.317 e. The Morgan fingerprint density at radius 1 is 1.48 bits per heavy atom. The van der Waals surface area contributed by atoms with E-state index in [4.69, 9.17) is 11.6 Å². The summed E-state index contributed by atoms with van der Waals surface area (Å²) in [5.41, 5.74) is 2.23. The van der Waals surface area contributed by atoms with Crippen LogP contribution >= 0.6 is 22.9 Å². The Kier molecular flexibility index (Phi) is 3.91. The summed E-state index contributed by atoms with van der Waals surface area (Å²) in [5.74, 6) is 1.08. The van der Waals surface area contributed by atoms with E-state index in [1.165, 1.54) is 0 Å². The maximum Gasteiger partial charge on any atom is 0.125 e. The lowest BCUT2D eigenvalue weighted by Gasteiger charge is -2.17. The molecule has 0 bridgehead atoms. The van der Waals surface area contributed by atoms with Gasteiger partial charge in [-0.3, -0.25) is 0 Å². The molecule has 3 rings (SSSR count). The third-order valence-electron chi connectivity index (χ3n) is 3.47. The Bertz CT molecular complexity index is 801. The number of rotatable bonds is 4. The molecule has 0 saturated heterocycles. The third kappa shape index (κ3) is 2.31. The van der Waals surface area contributed by atoms with Crippen molar-refractivity contribution in [3.8, 4) is 6.07 Å². The molecule has 0 radical (unpaired) electrons. The summed E-state index contributed by atoms with van der Waals surface area (Å²) in [5, 5.41) is 12.2. The molecule has 3 aromatic rings. The summed E-state index contributed by atoms with van der Waals surface area (Å²) < 4.78 is 2.11. The van der Waals surface area contributed by atoms with Crippen LogP contribution in [0.5, 0.6) is 0 Å². The van der Waals surface area contributed by atoms with Crippen LogP contribution < -0.4 is 0 Å². The fraction of sp³-hybridized carbons (Fsp3) is 0.267. The number of hydrogen-bond acceptors (Lipinski definition) is 4. The lowest BCUT2D eigenvalue weighted by Crippen LogP contribution is -2.12. The average molecular weight is 317 g/mol. The van der Waals surface area contributed by atoms with E-state index in [1.54, 1.807) is 17.4 Å². The van der Waals surface area contributed by atoms with Gasteiger partial charge in [-0.05, 0) is 18.6 Å². The lowest BCUT2D eigenvalue weighted by atomic mass is 10.2. The van der Waals surface area contributed by atoms with Crippen molar-refractivity contribution < 1.29 is 0 Å². The van der Waals surface area contributed by atoms with Gasteiger partial charge in [0.25, 0.3) is 0 Å². The molecular formula is C15H13ClN4S. The number of para-hydroxylation sites is 1. The van der Waals surface area contributed by atoms with Crippen molar-refractivity contribution >= 4 is 34.0 Å². The summed E-state index contributed by atoms with van der Waals surface area (Å²) in [6, 6.07) is 7.93. The number of nitriles is 1. The van der Waals surface area contributed by atoms with Gasteiger partial charge < -0.3 is 4.57 Å². The number of benzene rings is 1. The second kappa shape index (κ2) is 5.84. The fourth-order valence-electron chi connectivity index (χ4n) is 2.56. The first-order chi connectivity index (χ1) is 10.3. The smallest absolute Gasteiger partial charge is 0.125 e. The Labute approximate surface area is 131 Å². The van der Waals surface area contributed by atoms with Crippen LogP contribution in [-0.4, -0.2) is 14.5 Å². The molecule has 0 N–H and O–H groups in total. The Morgan fingerprint density at radius 3 is 2.95 bits per heavy atom. The normalized spacial score (nSPS) is 12.4. The first-order valence-electron chi connectivity index (χ1n) is 6.65. The van der Waals surface area contributed by atoms with Crippen LogP contribution in [0.25, 0.3) is 11.0 Å². The highest BCUT2D eigenvalue weighted by atomic mass is 35.5. The first-order valence-corrected chi connectivity index (χ1v) is 8.06. The van der Waals surface area contributed by atoms with E-state index in [0.717, 1.165) is 22.8 Å². The van der Waals surface area contributed by atoms with Gasteiger partial charge >= 0.3 is 0 Å². The molecule has 1 aromatic carbocycles. The summed E-state index contributed by atoms with van der Waals surface area (Å²) in [6.07, 6.45) is 2.70. The first kappa shape index (κ1) is 14.1. The quantitative estimate of drug-likeness (QED) is 0.681.